The molecule has 6 nitrogen and oxygen atoms in total. The Morgan fingerprint density at radius 1 is 0.409 bits per heavy atom. The van der Waals surface area contributed by atoms with Crippen LogP contribution < -0.4 is 4.90 Å². The van der Waals surface area contributed by atoms with Crippen LogP contribution in [0.15, 0.2) is 225 Å². The SMILES string of the molecule is C=C1/C=C(n2c3ccccc3c3ccccc32)\C=C/CN(c2nc(-c3cccc4ccccc34)nc(-c3cccc4ccccc34)n2)c2ccc(-n3c4ccccc4c4ccccc43)cc21. The van der Waals surface area contributed by atoms with Crippen molar-refractivity contribution in [2.24, 2.45) is 0 Å². The van der Waals surface area contributed by atoms with Crippen LogP contribution in [0.3, 0.4) is 0 Å². The molecule has 0 saturated heterocycles. The molecule has 3 aromatic heterocycles. The van der Waals surface area contributed by atoms with Crippen molar-refractivity contribution in [1.29, 1.82) is 0 Å². The van der Waals surface area contributed by atoms with E-state index in [2.05, 4.69) is 232 Å². The van der Waals surface area contributed by atoms with Crippen LogP contribution >= 0.6 is 0 Å². The molecular formula is C60H40N6. The third-order valence-electron chi connectivity index (χ3n) is 13.1. The molecule has 1 aliphatic heterocycles. The predicted octanol–water partition coefficient (Wildman–Crippen LogP) is 15.0. The molecule has 6 heteroatoms. The molecule has 0 fully saturated rings. The number of rotatable bonds is 5. The lowest BCUT2D eigenvalue weighted by Gasteiger charge is -2.26. The summed E-state index contributed by atoms with van der Waals surface area (Å²) in [6, 6.07) is 70.8. The van der Waals surface area contributed by atoms with Crippen molar-refractivity contribution in [3.05, 3.63) is 231 Å². The molecule has 0 N–H and O–H groups in total. The summed E-state index contributed by atoms with van der Waals surface area (Å²) in [6.07, 6.45) is 6.66. The van der Waals surface area contributed by atoms with Gasteiger partial charge in [-0.3, -0.25) is 0 Å². The van der Waals surface area contributed by atoms with E-state index in [4.69, 9.17) is 21.5 Å². The second kappa shape index (κ2) is 15.1. The van der Waals surface area contributed by atoms with Gasteiger partial charge in [0.25, 0.3) is 0 Å². The van der Waals surface area contributed by atoms with E-state index in [0.717, 1.165) is 82.9 Å². The van der Waals surface area contributed by atoms with Crippen LogP contribution in [0.25, 0.3) is 105 Å². The zero-order valence-corrected chi connectivity index (χ0v) is 35.9. The van der Waals surface area contributed by atoms with E-state index in [0.29, 0.717) is 24.1 Å². The summed E-state index contributed by atoms with van der Waals surface area (Å²) >= 11 is 0. The Labute approximate surface area is 381 Å². The van der Waals surface area contributed by atoms with Gasteiger partial charge < -0.3 is 14.0 Å². The molecule has 4 heterocycles. The number of para-hydroxylation sites is 4. The third-order valence-corrected chi connectivity index (χ3v) is 13.1. The molecular weight excluding hydrogens is 805 g/mol. The van der Waals surface area contributed by atoms with Crippen LogP contribution in [0.5, 0.6) is 0 Å². The summed E-state index contributed by atoms with van der Waals surface area (Å²) in [5.41, 5.74) is 11.3. The average Bonchev–Trinajstić information content (AvgIpc) is 3.91. The zero-order valence-electron chi connectivity index (χ0n) is 35.9. The molecule has 9 aromatic carbocycles. The van der Waals surface area contributed by atoms with Crippen molar-refractivity contribution in [2.45, 2.75) is 0 Å². The minimum absolute atomic E-state index is 0.470. The van der Waals surface area contributed by atoms with Crippen LogP contribution in [0.4, 0.5) is 11.6 Å². The second-order valence-electron chi connectivity index (χ2n) is 16.9. The molecule has 0 radical (unpaired) electrons. The Morgan fingerprint density at radius 2 is 0.864 bits per heavy atom. The highest BCUT2D eigenvalue weighted by atomic mass is 15.3. The standard InChI is InChI=1S/C60H40N6/c1-39-37-42(65-54-30-10-6-24-46(54)47-25-7-11-31-55(47)65)21-16-36-64(53-35-34-43(38-52(39)53)66-56-32-12-8-26-48(56)49-27-9-13-33-57(49)66)60-62-58(50-28-14-19-40-17-2-4-22-44(40)50)61-59(63-60)51-29-15-20-41-18-3-5-23-45(41)51/h2-35,37-38H,1,36H2/b21-16-,42-37+. The summed E-state index contributed by atoms with van der Waals surface area (Å²) < 4.78 is 4.73. The van der Waals surface area contributed by atoms with Crippen molar-refractivity contribution < 1.29 is 0 Å². The Morgan fingerprint density at radius 3 is 1.39 bits per heavy atom. The van der Waals surface area contributed by atoms with Gasteiger partial charge in [-0.1, -0.05) is 170 Å². The maximum Gasteiger partial charge on any atom is 0.234 e. The van der Waals surface area contributed by atoms with Crippen LogP contribution in [0.2, 0.25) is 0 Å². The lowest BCUT2D eigenvalue weighted by molar-refractivity contribution is 0.960. The van der Waals surface area contributed by atoms with Gasteiger partial charge in [-0.05, 0) is 81.7 Å². The fourth-order valence-electron chi connectivity index (χ4n) is 10.1. The normalized spacial score (nSPS) is 14.4. The zero-order chi connectivity index (χ0) is 43.7. The van der Waals surface area contributed by atoms with E-state index in [9.17, 15) is 0 Å². The minimum atomic E-state index is 0.470. The number of aromatic nitrogens is 5. The van der Waals surface area contributed by atoms with Gasteiger partial charge in [0.1, 0.15) is 0 Å². The molecule has 0 amide bonds. The topological polar surface area (TPSA) is 51.8 Å². The summed E-state index contributed by atoms with van der Waals surface area (Å²) in [7, 11) is 0. The quantitative estimate of drug-likeness (QED) is 0.173. The molecule has 0 aliphatic carbocycles. The number of benzene rings is 9. The van der Waals surface area contributed by atoms with Gasteiger partial charge in [0.2, 0.25) is 5.95 Å². The molecule has 12 aromatic rings. The molecule has 0 saturated carbocycles. The first kappa shape index (κ1) is 37.7. The van der Waals surface area contributed by atoms with E-state index in [-0.39, 0.29) is 0 Å². The largest absolute Gasteiger partial charge is 0.309 e. The van der Waals surface area contributed by atoms with Crippen molar-refractivity contribution in [3.63, 3.8) is 0 Å². The molecule has 13 rings (SSSR count). The maximum atomic E-state index is 5.43. The molecule has 0 bridgehead atoms. The Balaban J connectivity index is 1.07. The molecule has 0 unspecified atom stereocenters. The van der Waals surface area contributed by atoms with Gasteiger partial charge in [-0.15, -0.1) is 0 Å². The number of anilines is 2. The van der Waals surface area contributed by atoms with E-state index in [1.807, 2.05) is 0 Å². The van der Waals surface area contributed by atoms with Gasteiger partial charge >= 0.3 is 0 Å². The summed E-state index contributed by atoms with van der Waals surface area (Å²) in [5.74, 6) is 1.75. The molecule has 0 spiro atoms. The number of hydrogen-bond donors (Lipinski definition) is 0. The first-order chi connectivity index (χ1) is 32.7. The van der Waals surface area contributed by atoms with E-state index in [1.54, 1.807) is 0 Å². The van der Waals surface area contributed by atoms with E-state index >= 15 is 0 Å². The van der Waals surface area contributed by atoms with Gasteiger partial charge in [0.15, 0.2) is 11.6 Å². The van der Waals surface area contributed by atoms with E-state index < -0.39 is 0 Å². The third kappa shape index (κ3) is 6.00. The molecule has 0 atom stereocenters. The number of nitrogens with zero attached hydrogens (tertiary/aromatic N) is 6. The maximum absolute atomic E-state index is 5.43. The molecule has 66 heavy (non-hydrogen) atoms. The van der Waals surface area contributed by atoms with Crippen molar-refractivity contribution in [1.82, 2.24) is 24.1 Å². The smallest absolute Gasteiger partial charge is 0.234 e. The van der Waals surface area contributed by atoms with Crippen LogP contribution in [-0.4, -0.2) is 30.6 Å². The lowest BCUT2D eigenvalue weighted by atomic mass is 10.0. The van der Waals surface area contributed by atoms with Gasteiger partial charge in [0.05, 0.1) is 27.8 Å². The first-order valence-corrected chi connectivity index (χ1v) is 22.3. The summed E-state index contributed by atoms with van der Waals surface area (Å²) in [5, 5.41) is 9.23. The Kier molecular flexibility index (Phi) is 8.64. The first-order valence-electron chi connectivity index (χ1n) is 22.3. The van der Waals surface area contributed by atoms with Gasteiger partial charge in [-0.2, -0.15) is 9.97 Å². The van der Waals surface area contributed by atoms with Crippen molar-refractivity contribution in [2.75, 3.05) is 11.4 Å². The number of fused-ring (bicyclic) bond motifs is 9. The average molecular weight is 845 g/mol. The summed E-state index contributed by atoms with van der Waals surface area (Å²) in [4.78, 5) is 18.4. The van der Waals surface area contributed by atoms with Crippen LogP contribution in [0, 0.1) is 0 Å². The predicted molar refractivity (Wildman–Crippen MR) is 275 cm³/mol. The van der Waals surface area contributed by atoms with Crippen LogP contribution in [0.1, 0.15) is 5.56 Å². The number of allylic oxidation sites excluding steroid dienone is 4. The minimum Gasteiger partial charge on any atom is -0.309 e. The number of hydrogen-bond acceptors (Lipinski definition) is 4. The fraction of sp³-hybridized carbons (Fsp3) is 0.0167. The Bertz CT molecular complexity index is 3800. The lowest BCUT2D eigenvalue weighted by Crippen LogP contribution is -2.22. The van der Waals surface area contributed by atoms with Gasteiger partial charge in [-0.25, -0.2) is 4.98 Å². The Hall–Kier alpha value is -8.87. The van der Waals surface area contributed by atoms with Crippen molar-refractivity contribution in [3.8, 4) is 28.5 Å². The van der Waals surface area contributed by atoms with Crippen LogP contribution in [-0.2, 0) is 0 Å². The highest BCUT2D eigenvalue weighted by Gasteiger charge is 2.24. The highest BCUT2D eigenvalue weighted by molar-refractivity contribution is 6.12. The fourth-order valence-corrected chi connectivity index (χ4v) is 10.1. The van der Waals surface area contributed by atoms with E-state index in [1.165, 1.54) is 21.5 Å². The molecule has 310 valence electrons. The molecule has 1 aliphatic rings. The van der Waals surface area contributed by atoms with Crippen molar-refractivity contribution >= 4 is 88.1 Å². The van der Waals surface area contributed by atoms with Gasteiger partial charge in [0, 0.05) is 56.2 Å². The summed E-state index contributed by atoms with van der Waals surface area (Å²) in [6.45, 7) is 5.35. The second-order valence-corrected chi connectivity index (χ2v) is 16.9. The highest BCUT2D eigenvalue weighted by Crippen LogP contribution is 2.41. The monoisotopic (exact) mass is 844 g/mol.